The van der Waals surface area contributed by atoms with Gasteiger partial charge >= 0.3 is 0 Å². The molecule has 0 aromatic carbocycles. The molecule has 2 rings (SSSR count). The lowest BCUT2D eigenvalue weighted by atomic mass is 10.2. The molecule has 4 nitrogen and oxygen atoms in total. The van der Waals surface area contributed by atoms with E-state index < -0.39 is 0 Å². The Bertz CT molecular complexity index is 634. The smallest absolute Gasteiger partial charge is 0.148 e. The van der Waals surface area contributed by atoms with Crippen molar-refractivity contribution < 1.29 is 0 Å². The van der Waals surface area contributed by atoms with Crippen LogP contribution in [0, 0.1) is 18.3 Å². The average molecular weight is 273 g/mol. The zero-order valence-corrected chi connectivity index (χ0v) is 11.5. The second-order valence-electron chi connectivity index (χ2n) is 4.23. The van der Waals surface area contributed by atoms with E-state index >= 15 is 0 Å². The molecule has 0 N–H and O–H groups in total. The maximum Gasteiger partial charge on any atom is 0.148 e. The number of anilines is 1. The molecule has 0 fully saturated rings. The van der Waals surface area contributed by atoms with Gasteiger partial charge in [-0.1, -0.05) is 17.7 Å². The first-order valence-corrected chi connectivity index (χ1v) is 6.18. The van der Waals surface area contributed by atoms with Crippen LogP contribution in [0.1, 0.15) is 17.0 Å². The van der Waals surface area contributed by atoms with Crippen LogP contribution in [0.5, 0.6) is 0 Å². The minimum atomic E-state index is 0.375. The molecule has 0 aliphatic rings. The Morgan fingerprint density at radius 2 is 2.16 bits per heavy atom. The molecule has 0 saturated carbocycles. The maximum atomic E-state index is 8.96. The van der Waals surface area contributed by atoms with Crippen LogP contribution < -0.4 is 4.90 Å². The lowest BCUT2D eigenvalue weighted by molar-refractivity contribution is 0.859. The van der Waals surface area contributed by atoms with Gasteiger partial charge in [0.05, 0.1) is 17.8 Å². The van der Waals surface area contributed by atoms with E-state index in [1.54, 1.807) is 12.3 Å². The third-order valence-electron chi connectivity index (χ3n) is 2.70. The summed E-state index contributed by atoms with van der Waals surface area (Å²) in [6.45, 7) is 2.54. The van der Waals surface area contributed by atoms with E-state index in [1.165, 1.54) is 0 Å². The zero-order chi connectivity index (χ0) is 13.8. The Morgan fingerprint density at radius 3 is 2.84 bits per heavy atom. The van der Waals surface area contributed by atoms with Crippen molar-refractivity contribution in [3.8, 4) is 6.07 Å². The number of pyridine rings is 2. The van der Waals surface area contributed by atoms with Crippen LogP contribution >= 0.6 is 11.6 Å². The zero-order valence-electron chi connectivity index (χ0n) is 10.8. The summed E-state index contributed by atoms with van der Waals surface area (Å²) in [4.78, 5) is 10.5. The Hall–Kier alpha value is -2.12. The topological polar surface area (TPSA) is 52.8 Å². The predicted molar refractivity (Wildman–Crippen MR) is 75.0 cm³/mol. The van der Waals surface area contributed by atoms with Crippen LogP contribution in [0.15, 0.2) is 30.5 Å². The molecule has 0 unspecified atom stereocenters. The van der Waals surface area contributed by atoms with E-state index in [0.717, 1.165) is 11.4 Å². The quantitative estimate of drug-likeness (QED) is 0.862. The monoisotopic (exact) mass is 272 g/mol. The average Bonchev–Trinajstić information content (AvgIpc) is 2.39. The van der Waals surface area contributed by atoms with Gasteiger partial charge in [-0.2, -0.15) is 5.26 Å². The van der Waals surface area contributed by atoms with E-state index in [-0.39, 0.29) is 0 Å². The van der Waals surface area contributed by atoms with Crippen molar-refractivity contribution in [2.45, 2.75) is 13.5 Å². The third-order valence-corrected chi connectivity index (χ3v) is 3.07. The highest BCUT2D eigenvalue weighted by Gasteiger charge is 2.12. The first-order valence-electron chi connectivity index (χ1n) is 5.80. The Kier molecular flexibility index (Phi) is 3.98. The van der Waals surface area contributed by atoms with Crippen molar-refractivity contribution in [3.05, 3.63) is 52.4 Å². The standard InChI is InChI=1S/C14H13ClN4/c1-10-4-3-5-12(18-10)9-19(2)14-13(15)11(8-16)6-7-17-14/h3-7H,9H2,1-2H3. The molecule has 2 heterocycles. The fraction of sp³-hybridized carbons (Fsp3) is 0.214. The molecule has 0 atom stereocenters. The van der Waals surface area contributed by atoms with Gasteiger partial charge in [-0.15, -0.1) is 0 Å². The Balaban J connectivity index is 2.26. The van der Waals surface area contributed by atoms with Crippen molar-refractivity contribution in [1.82, 2.24) is 9.97 Å². The molecule has 5 heteroatoms. The third kappa shape index (κ3) is 3.01. The van der Waals surface area contributed by atoms with Crippen LogP contribution in [0.3, 0.4) is 0 Å². The number of halogens is 1. The summed E-state index contributed by atoms with van der Waals surface area (Å²) in [5.74, 6) is 0.587. The van der Waals surface area contributed by atoms with Crippen molar-refractivity contribution in [2.24, 2.45) is 0 Å². The minimum Gasteiger partial charge on any atom is -0.353 e. The van der Waals surface area contributed by atoms with Gasteiger partial charge in [0.25, 0.3) is 0 Å². The summed E-state index contributed by atoms with van der Waals surface area (Å²) in [5.41, 5.74) is 2.33. The van der Waals surface area contributed by atoms with Crippen LogP contribution in [0.2, 0.25) is 5.02 Å². The van der Waals surface area contributed by atoms with Crippen molar-refractivity contribution in [3.63, 3.8) is 0 Å². The van der Waals surface area contributed by atoms with Crippen molar-refractivity contribution in [2.75, 3.05) is 11.9 Å². The van der Waals surface area contributed by atoms with Crippen LogP contribution in [0.4, 0.5) is 5.82 Å². The fourth-order valence-electron chi connectivity index (χ4n) is 1.79. The minimum absolute atomic E-state index is 0.375. The van der Waals surface area contributed by atoms with Crippen molar-refractivity contribution >= 4 is 17.4 Å². The molecule has 0 radical (unpaired) electrons. The Labute approximate surface area is 117 Å². The summed E-state index contributed by atoms with van der Waals surface area (Å²) in [5, 5.41) is 9.33. The van der Waals surface area contributed by atoms with Gasteiger partial charge in [-0.25, -0.2) is 4.98 Å². The highest BCUT2D eigenvalue weighted by molar-refractivity contribution is 6.34. The molecule has 0 aliphatic heterocycles. The van der Waals surface area contributed by atoms with E-state index in [0.29, 0.717) is 22.9 Å². The molecule has 19 heavy (non-hydrogen) atoms. The Morgan fingerprint density at radius 1 is 1.37 bits per heavy atom. The lowest BCUT2D eigenvalue weighted by Crippen LogP contribution is -2.19. The van der Waals surface area contributed by atoms with Gasteiger partial charge in [0.15, 0.2) is 0 Å². The number of aromatic nitrogens is 2. The van der Waals surface area contributed by atoms with Gasteiger partial charge in [0, 0.05) is 18.9 Å². The molecule has 0 aliphatic carbocycles. The first-order chi connectivity index (χ1) is 9.11. The van der Waals surface area contributed by atoms with Gasteiger partial charge < -0.3 is 4.90 Å². The fourth-order valence-corrected chi connectivity index (χ4v) is 2.09. The van der Waals surface area contributed by atoms with Crippen molar-refractivity contribution in [1.29, 1.82) is 5.26 Å². The number of nitriles is 1. The maximum absolute atomic E-state index is 8.96. The van der Waals surface area contributed by atoms with Gasteiger partial charge in [-0.05, 0) is 25.1 Å². The normalized spacial score (nSPS) is 10.0. The SMILES string of the molecule is Cc1cccc(CN(C)c2nccc(C#N)c2Cl)n1. The van der Waals surface area contributed by atoms with E-state index in [9.17, 15) is 0 Å². The summed E-state index contributed by atoms with van der Waals surface area (Å²) in [6.07, 6.45) is 1.58. The largest absolute Gasteiger partial charge is 0.353 e. The highest BCUT2D eigenvalue weighted by atomic mass is 35.5. The molecule has 0 saturated heterocycles. The second-order valence-corrected chi connectivity index (χ2v) is 4.61. The predicted octanol–water partition coefficient (Wildman–Crippen LogP) is 2.95. The molecule has 96 valence electrons. The number of aryl methyl sites for hydroxylation is 1. The summed E-state index contributed by atoms with van der Waals surface area (Å²) < 4.78 is 0. The van der Waals surface area contributed by atoms with E-state index in [2.05, 4.69) is 9.97 Å². The number of rotatable bonds is 3. The van der Waals surface area contributed by atoms with Crippen LogP contribution in [0.25, 0.3) is 0 Å². The lowest BCUT2D eigenvalue weighted by Gasteiger charge is -2.19. The molecule has 0 bridgehead atoms. The van der Waals surface area contributed by atoms with Gasteiger partial charge in [0.2, 0.25) is 0 Å². The number of nitrogens with zero attached hydrogens (tertiary/aromatic N) is 4. The van der Waals surface area contributed by atoms with Gasteiger partial charge in [-0.3, -0.25) is 4.98 Å². The molecular formula is C14H13ClN4. The summed E-state index contributed by atoms with van der Waals surface area (Å²) >= 11 is 6.15. The molecule has 0 spiro atoms. The van der Waals surface area contributed by atoms with E-state index in [4.69, 9.17) is 16.9 Å². The first kappa shape index (κ1) is 13.3. The van der Waals surface area contributed by atoms with Crippen LogP contribution in [-0.2, 0) is 6.54 Å². The summed E-state index contributed by atoms with van der Waals surface area (Å²) in [6, 6.07) is 9.51. The van der Waals surface area contributed by atoms with Crippen LogP contribution in [-0.4, -0.2) is 17.0 Å². The highest BCUT2D eigenvalue weighted by Crippen LogP contribution is 2.26. The second kappa shape index (κ2) is 5.68. The molecular weight excluding hydrogens is 260 g/mol. The van der Waals surface area contributed by atoms with Gasteiger partial charge in [0.1, 0.15) is 16.9 Å². The summed E-state index contributed by atoms with van der Waals surface area (Å²) in [7, 11) is 1.87. The number of hydrogen-bond donors (Lipinski definition) is 0. The number of hydrogen-bond acceptors (Lipinski definition) is 4. The molecule has 0 amide bonds. The molecule has 2 aromatic heterocycles. The molecule has 2 aromatic rings. The van der Waals surface area contributed by atoms with E-state index in [1.807, 2.05) is 43.1 Å².